The second-order valence-corrected chi connectivity index (χ2v) is 8.78. The summed E-state index contributed by atoms with van der Waals surface area (Å²) in [5.41, 5.74) is 2.25. The van der Waals surface area contributed by atoms with Gasteiger partial charge in [-0.3, -0.25) is 4.79 Å². The van der Waals surface area contributed by atoms with Gasteiger partial charge in [0.15, 0.2) is 6.61 Å². The van der Waals surface area contributed by atoms with E-state index in [2.05, 4.69) is 15.9 Å². The van der Waals surface area contributed by atoms with Crippen LogP contribution in [0.2, 0.25) is 0 Å². The van der Waals surface area contributed by atoms with Gasteiger partial charge in [-0.25, -0.2) is 9.80 Å². The quantitative estimate of drug-likeness (QED) is 0.417. The van der Waals surface area contributed by atoms with Crippen LogP contribution >= 0.6 is 15.9 Å². The molecule has 5 rings (SSSR count). The number of hydrazone groups is 1. The van der Waals surface area contributed by atoms with E-state index >= 15 is 0 Å². The smallest absolute Gasteiger partial charge is 0.339 e. The van der Waals surface area contributed by atoms with E-state index in [0.717, 1.165) is 36.3 Å². The summed E-state index contributed by atoms with van der Waals surface area (Å²) >= 11 is 3.33. The molecule has 0 spiro atoms. The summed E-state index contributed by atoms with van der Waals surface area (Å²) in [5, 5.41) is 6.12. The fourth-order valence-corrected chi connectivity index (χ4v) is 4.83. The highest BCUT2D eigenvalue weighted by molar-refractivity contribution is 9.10. The highest BCUT2D eigenvalue weighted by Crippen LogP contribution is 2.44. The number of esters is 1. The van der Waals surface area contributed by atoms with Crippen LogP contribution in [0.5, 0.6) is 0 Å². The van der Waals surface area contributed by atoms with E-state index in [1.54, 1.807) is 42.9 Å². The minimum absolute atomic E-state index is 0.00553. The van der Waals surface area contributed by atoms with Crippen LogP contribution in [-0.4, -0.2) is 29.2 Å². The highest BCUT2D eigenvalue weighted by Gasteiger charge is 2.45. The summed E-state index contributed by atoms with van der Waals surface area (Å²) in [6.07, 6.45) is 7.88. The summed E-state index contributed by atoms with van der Waals surface area (Å²) < 4.78 is 17.1. The van der Waals surface area contributed by atoms with Crippen molar-refractivity contribution in [3.63, 3.8) is 0 Å². The third-order valence-corrected chi connectivity index (χ3v) is 6.56. The van der Waals surface area contributed by atoms with Gasteiger partial charge >= 0.3 is 5.97 Å². The first-order valence-corrected chi connectivity index (χ1v) is 11.5. The molecule has 2 atom stereocenters. The molecular weight excluding hydrogens is 488 g/mol. The van der Waals surface area contributed by atoms with Gasteiger partial charge in [0.1, 0.15) is 17.6 Å². The average molecular weight is 509 g/mol. The molecule has 3 heterocycles. The minimum atomic E-state index is -0.576. The van der Waals surface area contributed by atoms with Gasteiger partial charge in [0, 0.05) is 10.4 Å². The lowest BCUT2D eigenvalue weighted by Crippen LogP contribution is -2.34. The third kappa shape index (κ3) is 4.30. The number of nitrogens with zero attached hydrogens (tertiary/aromatic N) is 2. The molecule has 168 valence electrons. The zero-order chi connectivity index (χ0) is 22.8. The fraction of sp³-hybridized carbons (Fsp3) is 0.240. The average Bonchev–Trinajstić information content (AvgIpc) is 3.58. The molecule has 0 N–H and O–H groups in total. The molecule has 1 aliphatic heterocycles. The molecule has 2 aromatic heterocycles. The van der Waals surface area contributed by atoms with E-state index in [9.17, 15) is 9.59 Å². The van der Waals surface area contributed by atoms with Crippen LogP contribution in [0.3, 0.4) is 0 Å². The van der Waals surface area contributed by atoms with E-state index < -0.39 is 18.5 Å². The predicted molar refractivity (Wildman–Crippen MR) is 124 cm³/mol. The van der Waals surface area contributed by atoms with Gasteiger partial charge in [-0.1, -0.05) is 12.1 Å². The molecule has 1 aliphatic carbocycles. The maximum absolute atomic E-state index is 13.2. The Morgan fingerprint density at radius 1 is 1.12 bits per heavy atom. The Bertz CT molecular complexity index is 1210. The van der Waals surface area contributed by atoms with E-state index in [0.29, 0.717) is 15.8 Å². The van der Waals surface area contributed by atoms with Crippen LogP contribution in [0.4, 0.5) is 0 Å². The number of carbonyl (C=O) groups is 2. The Morgan fingerprint density at radius 3 is 2.70 bits per heavy atom. The predicted octanol–water partition coefficient (Wildman–Crippen LogP) is 5.62. The molecule has 3 aromatic rings. The van der Waals surface area contributed by atoms with E-state index in [1.165, 1.54) is 5.01 Å². The number of halogens is 1. The maximum Gasteiger partial charge on any atom is 0.339 e. The van der Waals surface area contributed by atoms with E-state index in [4.69, 9.17) is 18.7 Å². The zero-order valence-electron chi connectivity index (χ0n) is 17.6. The van der Waals surface area contributed by atoms with Crippen LogP contribution in [0.1, 0.15) is 47.2 Å². The lowest BCUT2D eigenvalue weighted by molar-refractivity contribution is -0.137. The van der Waals surface area contributed by atoms with Crippen molar-refractivity contribution in [3.05, 3.63) is 88.2 Å². The highest BCUT2D eigenvalue weighted by atomic mass is 79.9. The molecule has 7 nitrogen and oxygen atoms in total. The third-order valence-electron chi connectivity index (χ3n) is 5.87. The molecule has 2 unspecified atom stereocenters. The maximum atomic E-state index is 13.2. The minimum Gasteiger partial charge on any atom is -0.467 e. The van der Waals surface area contributed by atoms with Crippen molar-refractivity contribution in [1.82, 2.24) is 5.01 Å². The number of allylic oxidation sites excluding steroid dienone is 1. The molecule has 33 heavy (non-hydrogen) atoms. The van der Waals surface area contributed by atoms with Gasteiger partial charge in [-0.2, -0.15) is 5.10 Å². The molecule has 2 aliphatic rings. The van der Waals surface area contributed by atoms with Crippen molar-refractivity contribution in [1.29, 1.82) is 0 Å². The first-order chi connectivity index (χ1) is 16.1. The van der Waals surface area contributed by atoms with Crippen LogP contribution in [0, 0.1) is 5.92 Å². The topological polar surface area (TPSA) is 85.3 Å². The van der Waals surface area contributed by atoms with E-state index in [1.807, 2.05) is 24.3 Å². The summed E-state index contributed by atoms with van der Waals surface area (Å²) in [4.78, 5) is 25.7. The van der Waals surface area contributed by atoms with Gasteiger partial charge in [0.05, 0.1) is 23.8 Å². The number of ether oxygens (including phenoxy) is 1. The van der Waals surface area contributed by atoms with Gasteiger partial charge in [0.2, 0.25) is 0 Å². The Kier molecular flexibility index (Phi) is 6.00. The summed E-state index contributed by atoms with van der Waals surface area (Å²) in [6.45, 7) is -0.419. The number of benzene rings is 1. The van der Waals surface area contributed by atoms with Crippen LogP contribution in [-0.2, 0) is 9.53 Å². The van der Waals surface area contributed by atoms with Crippen molar-refractivity contribution >= 4 is 39.6 Å². The van der Waals surface area contributed by atoms with Gasteiger partial charge in [0.25, 0.3) is 5.91 Å². The summed E-state index contributed by atoms with van der Waals surface area (Å²) in [5.74, 6) is 0.414. The monoisotopic (exact) mass is 508 g/mol. The number of hydrogen-bond donors (Lipinski definition) is 0. The molecule has 1 aromatic carbocycles. The SMILES string of the molecule is O=C(OCC(=O)N1N=C2C(=Cc3ccco3)CCCC2C1c1ccco1)c1ccccc1Br. The molecule has 0 bridgehead atoms. The molecule has 0 radical (unpaired) electrons. The van der Waals surface area contributed by atoms with Crippen molar-refractivity contribution in [3.8, 4) is 0 Å². The Morgan fingerprint density at radius 2 is 1.94 bits per heavy atom. The van der Waals surface area contributed by atoms with Crippen LogP contribution in [0.15, 0.2) is 85.0 Å². The number of furan rings is 2. The first-order valence-electron chi connectivity index (χ1n) is 10.7. The van der Waals surface area contributed by atoms with Crippen molar-refractivity contribution in [2.45, 2.75) is 25.3 Å². The first kappa shape index (κ1) is 21.5. The Balaban J connectivity index is 1.40. The second kappa shape index (κ2) is 9.23. The number of hydrogen-bond acceptors (Lipinski definition) is 6. The number of rotatable bonds is 5. The zero-order valence-corrected chi connectivity index (χ0v) is 19.2. The molecule has 1 fully saturated rings. The number of fused-ring (bicyclic) bond motifs is 1. The van der Waals surface area contributed by atoms with E-state index in [-0.39, 0.29) is 12.0 Å². The van der Waals surface area contributed by atoms with Gasteiger partial charge in [-0.05, 0) is 83.2 Å². The van der Waals surface area contributed by atoms with Crippen LogP contribution < -0.4 is 0 Å². The lowest BCUT2D eigenvalue weighted by Gasteiger charge is -2.27. The van der Waals surface area contributed by atoms with Gasteiger partial charge < -0.3 is 13.6 Å². The lowest BCUT2D eigenvalue weighted by atomic mass is 9.79. The molecule has 1 saturated carbocycles. The molecule has 0 saturated heterocycles. The van der Waals surface area contributed by atoms with Crippen molar-refractivity contribution in [2.75, 3.05) is 6.61 Å². The van der Waals surface area contributed by atoms with Crippen molar-refractivity contribution in [2.24, 2.45) is 11.0 Å². The van der Waals surface area contributed by atoms with Crippen LogP contribution in [0.25, 0.3) is 6.08 Å². The largest absolute Gasteiger partial charge is 0.467 e. The summed E-state index contributed by atoms with van der Waals surface area (Å²) in [6, 6.07) is 13.9. The molecule has 8 heteroatoms. The normalized spacial score (nSPS) is 21.1. The fourth-order valence-electron chi connectivity index (χ4n) is 4.39. The van der Waals surface area contributed by atoms with Crippen molar-refractivity contribution < 1.29 is 23.2 Å². The summed E-state index contributed by atoms with van der Waals surface area (Å²) in [7, 11) is 0. The number of amides is 1. The number of carbonyl (C=O) groups excluding carboxylic acids is 2. The molecular formula is C25H21BrN2O5. The Labute approximate surface area is 198 Å². The van der Waals surface area contributed by atoms with Gasteiger partial charge in [-0.15, -0.1) is 0 Å². The molecule has 1 amide bonds. The Hall–Kier alpha value is -3.39. The second-order valence-electron chi connectivity index (χ2n) is 7.92. The standard InChI is InChI=1S/C25H21BrN2O5/c26-20-10-2-1-8-18(20)25(30)33-15-22(29)28-24(21-11-5-13-32-21)19-9-3-6-16(23(19)27-28)14-17-7-4-12-31-17/h1-2,4-5,7-8,10-14,19,24H,3,6,9,15H2.